The highest BCUT2D eigenvalue weighted by molar-refractivity contribution is 7.22. The number of aliphatic hydroxyl groups is 1. The van der Waals surface area contributed by atoms with Crippen LogP contribution in [0.25, 0.3) is 16.0 Å². The summed E-state index contributed by atoms with van der Waals surface area (Å²) in [4.78, 5) is 32.9. The van der Waals surface area contributed by atoms with Gasteiger partial charge >= 0.3 is 5.91 Å². The van der Waals surface area contributed by atoms with E-state index in [0.717, 1.165) is 17.8 Å². The number of aliphatic hydroxyl groups excluding tert-OH is 1. The number of Topliss-reactive ketones (excluding diaryl/α,β-unsaturated/α-hetero) is 1. The van der Waals surface area contributed by atoms with E-state index in [9.17, 15) is 19.1 Å². The number of carbonyl (C=O) groups is 2. The van der Waals surface area contributed by atoms with E-state index in [2.05, 4.69) is 4.98 Å². The highest BCUT2D eigenvalue weighted by atomic mass is 32.1. The van der Waals surface area contributed by atoms with Gasteiger partial charge in [-0.05, 0) is 73.5 Å². The maximum absolute atomic E-state index is 13.9. The van der Waals surface area contributed by atoms with Crippen LogP contribution in [0.2, 0.25) is 0 Å². The molecule has 0 spiro atoms. The molecule has 1 aliphatic rings. The van der Waals surface area contributed by atoms with Gasteiger partial charge in [-0.25, -0.2) is 9.37 Å². The second kappa shape index (κ2) is 11.4. The van der Waals surface area contributed by atoms with Gasteiger partial charge in [-0.15, -0.1) is 0 Å². The predicted molar refractivity (Wildman–Crippen MR) is 151 cm³/mol. The molecule has 206 valence electrons. The van der Waals surface area contributed by atoms with Crippen LogP contribution in [0.15, 0.2) is 66.2 Å². The van der Waals surface area contributed by atoms with Crippen LogP contribution < -0.4 is 19.1 Å². The van der Waals surface area contributed by atoms with Crippen LogP contribution in [0.5, 0.6) is 17.2 Å². The summed E-state index contributed by atoms with van der Waals surface area (Å²) in [5, 5.41) is 11.6. The first-order valence-corrected chi connectivity index (χ1v) is 13.6. The van der Waals surface area contributed by atoms with Crippen LogP contribution in [0, 0.1) is 5.82 Å². The van der Waals surface area contributed by atoms with Crippen molar-refractivity contribution >= 4 is 44.1 Å². The standard InChI is InChI=1S/C30H27FN2O6S/c1-4-14-39-22-13-8-18(15-23(22)38-5-2)26-25(27(34)17-6-10-20(37-3)11-7-17)28(35)29(36)33(26)30-32-21-12-9-19(31)16-24(21)40-30/h6-13,15-16,26,34H,4-5,14H2,1-3H3. The first kappa shape index (κ1) is 27.1. The van der Waals surface area contributed by atoms with Crippen LogP contribution in [-0.4, -0.2) is 42.1 Å². The third-order valence-corrected chi connectivity index (χ3v) is 7.42. The quantitative estimate of drug-likeness (QED) is 0.146. The van der Waals surface area contributed by atoms with E-state index >= 15 is 0 Å². The van der Waals surface area contributed by atoms with Crippen molar-refractivity contribution in [1.29, 1.82) is 0 Å². The summed E-state index contributed by atoms with van der Waals surface area (Å²) in [5.41, 5.74) is 1.22. The van der Waals surface area contributed by atoms with Crippen molar-refractivity contribution in [1.82, 2.24) is 4.98 Å². The Morgan fingerprint density at radius 2 is 1.80 bits per heavy atom. The highest BCUT2D eigenvalue weighted by Gasteiger charge is 2.48. The summed E-state index contributed by atoms with van der Waals surface area (Å²) < 4.78 is 31.3. The zero-order valence-electron chi connectivity index (χ0n) is 22.1. The van der Waals surface area contributed by atoms with Crippen LogP contribution in [-0.2, 0) is 9.59 Å². The van der Waals surface area contributed by atoms with Crippen molar-refractivity contribution in [2.75, 3.05) is 25.2 Å². The molecule has 4 aromatic rings. The van der Waals surface area contributed by atoms with Crippen molar-refractivity contribution < 1.29 is 33.3 Å². The molecule has 1 unspecified atom stereocenters. The lowest BCUT2D eigenvalue weighted by atomic mass is 9.95. The molecule has 40 heavy (non-hydrogen) atoms. The molecule has 1 aromatic heterocycles. The number of hydrogen-bond donors (Lipinski definition) is 1. The van der Waals surface area contributed by atoms with Crippen molar-refractivity contribution in [3.63, 3.8) is 0 Å². The number of nitrogens with zero attached hydrogens (tertiary/aromatic N) is 2. The minimum atomic E-state index is -1.04. The summed E-state index contributed by atoms with van der Waals surface area (Å²) in [6.07, 6.45) is 0.799. The summed E-state index contributed by atoms with van der Waals surface area (Å²) in [6, 6.07) is 14.7. The molecule has 1 N–H and O–H groups in total. The lowest BCUT2D eigenvalue weighted by molar-refractivity contribution is -0.132. The number of ether oxygens (including phenoxy) is 3. The van der Waals surface area contributed by atoms with E-state index in [-0.39, 0.29) is 16.5 Å². The minimum absolute atomic E-state index is 0.106. The molecule has 0 saturated carbocycles. The van der Waals surface area contributed by atoms with Crippen LogP contribution in [0.3, 0.4) is 0 Å². The van der Waals surface area contributed by atoms with Gasteiger partial charge in [0, 0.05) is 5.56 Å². The molecule has 1 atom stereocenters. The van der Waals surface area contributed by atoms with Gasteiger partial charge in [-0.3, -0.25) is 14.5 Å². The molecule has 5 rings (SSSR count). The second-order valence-electron chi connectivity index (χ2n) is 8.99. The third-order valence-electron chi connectivity index (χ3n) is 6.40. The van der Waals surface area contributed by atoms with E-state index in [1.165, 1.54) is 30.2 Å². The summed E-state index contributed by atoms with van der Waals surface area (Å²) in [5.74, 6) is -0.976. The number of anilines is 1. The maximum Gasteiger partial charge on any atom is 0.301 e. The number of thiazole rings is 1. The smallest absolute Gasteiger partial charge is 0.301 e. The Bertz CT molecular complexity index is 1610. The molecule has 0 radical (unpaired) electrons. The van der Waals surface area contributed by atoms with Crippen LogP contribution in [0.1, 0.15) is 37.4 Å². The maximum atomic E-state index is 13.9. The number of fused-ring (bicyclic) bond motifs is 1. The number of benzene rings is 3. The normalized spacial score (nSPS) is 16.5. The van der Waals surface area contributed by atoms with E-state index in [0.29, 0.717) is 51.8 Å². The number of amides is 1. The van der Waals surface area contributed by atoms with E-state index in [4.69, 9.17) is 14.2 Å². The first-order valence-electron chi connectivity index (χ1n) is 12.8. The molecular weight excluding hydrogens is 535 g/mol. The number of hydrogen-bond acceptors (Lipinski definition) is 8. The molecule has 1 aliphatic heterocycles. The number of carbonyl (C=O) groups excluding carboxylic acids is 2. The van der Waals surface area contributed by atoms with Crippen molar-refractivity contribution in [2.24, 2.45) is 0 Å². The zero-order valence-corrected chi connectivity index (χ0v) is 23.0. The van der Waals surface area contributed by atoms with Crippen LogP contribution >= 0.6 is 11.3 Å². The molecule has 1 amide bonds. The van der Waals surface area contributed by atoms with E-state index in [1.807, 2.05) is 13.8 Å². The Kier molecular flexibility index (Phi) is 7.70. The average Bonchev–Trinajstić information content (AvgIpc) is 3.49. The Labute approximate surface area is 234 Å². The highest BCUT2D eigenvalue weighted by Crippen LogP contribution is 2.46. The summed E-state index contributed by atoms with van der Waals surface area (Å²) in [7, 11) is 1.52. The van der Waals surface area contributed by atoms with Crippen LogP contribution in [0.4, 0.5) is 9.52 Å². The largest absolute Gasteiger partial charge is 0.507 e. The molecule has 8 nitrogen and oxygen atoms in total. The third kappa shape index (κ3) is 4.98. The Hall–Kier alpha value is -4.44. The fraction of sp³-hybridized carbons (Fsp3) is 0.233. The monoisotopic (exact) mass is 562 g/mol. The fourth-order valence-corrected chi connectivity index (χ4v) is 5.55. The molecule has 1 saturated heterocycles. The second-order valence-corrected chi connectivity index (χ2v) is 10.0. The van der Waals surface area contributed by atoms with Crippen molar-refractivity contribution in [3.05, 3.63) is 83.2 Å². The lowest BCUT2D eigenvalue weighted by Gasteiger charge is -2.24. The topological polar surface area (TPSA) is 98.2 Å². The first-order chi connectivity index (χ1) is 19.4. The average molecular weight is 563 g/mol. The van der Waals surface area contributed by atoms with Crippen molar-refractivity contribution in [2.45, 2.75) is 26.3 Å². The van der Waals surface area contributed by atoms with Crippen molar-refractivity contribution in [3.8, 4) is 17.2 Å². The molecule has 3 aromatic carbocycles. The minimum Gasteiger partial charge on any atom is -0.507 e. The number of halogens is 1. The molecule has 0 aliphatic carbocycles. The Morgan fingerprint density at radius 1 is 1.02 bits per heavy atom. The molecule has 2 heterocycles. The van der Waals surface area contributed by atoms with Gasteiger partial charge in [0.05, 0.1) is 42.2 Å². The zero-order chi connectivity index (χ0) is 28.4. The number of methoxy groups -OCH3 is 1. The van der Waals surface area contributed by atoms with Gasteiger partial charge in [0.2, 0.25) is 0 Å². The molecule has 0 bridgehead atoms. The molecular formula is C30H27FN2O6S. The number of aromatic nitrogens is 1. The predicted octanol–water partition coefficient (Wildman–Crippen LogP) is 6.26. The SMILES string of the molecule is CCCOc1ccc(C2C(=C(O)c3ccc(OC)cc3)C(=O)C(=O)N2c2nc3ccc(F)cc3s2)cc1OCC. The van der Waals surface area contributed by atoms with Gasteiger partial charge in [0.25, 0.3) is 5.78 Å². The van der Waals surface area contributed by atoms with Gasteiger partial charge in [0.15, 0.2) is 16.6 Å². The number of ketones is 1. The summed E-state index contributed by atoms with van der Waals surface area (Å²) in [6.45, 7) is 4.68. The van der Waals surface area contributed by atoms with Gasteiger partial charge in [-0.2, -0.15) is 0 Å². The van der Waals surface area contributed by atoms with Gasteiger partial charge in [-0.1, -0.05) is 24.3 Å². The Balaban J connectivity index is 1.70. The van der Waals surface area contributed by atoms with E-state index < -0.39 is 23.5 Å². The van der Waals surface area contributed by atoms with Gasteiger partial charge in [0.1, 0.15) is 17.3 Å². The van der Waals surface area contributed by atoms with E-state index in [1.54, 1.807) is 42.5 Å². The molecule has 1 fully saturated rings. The summed E-state index contributed by atoms with van der Waals surface area (Å²) >= 11 is 1.08. The number of rotatable bonds is 9. The fourth-order valence-electron chi connectivity index (χ4n) is 4.53. The van der Waals surface area contributed by atoms with Gasteiger partial charge < -0.3 is 19.3 Å². The lowest BCUT2D eigenvalue weighted by Crippen LogP contribution is -2.29. The molecule has 10 heteroatoms. The Morgan fingerprint density at radius 3 is 2.50 bits per heavy atom.